The first-order chi connectivity index (χ1) is 13.7. The molecule has 11 heteroatoms. The van der Waals surface area contributed by atoms with Gasteiger partial charge in [-0.05, 0) is 30.1 Å². The van der Waals surface area contributed by atoms with Crippen LogP contribution in [0, 0.1) is 0 Å². The SMILES string of the molecule is C=NN(C)Cc1ccc(C(=O)NSc2c(OC)cccc2OC)nc1C(F)(F)F. The minimum Gasteiger partial charge on any atom is -0.495 e. The lowest BCUT2D eigenvalue weighted by Gasteiger charge is -2.17. The van der Waals surface area contributed by atoms with Gasteiger partial charge in [-0.2, -0.15) is 18.3 Å². The molecule has 2 aromatic rings. The number of amides is 1. The number of hydrogen-bond acceptors (Lipinski definition) is 7. The molecule has 0 saturated carbocycles. The van der Waals surface area contributed by atoms with Gasteiger partial charge in [0.15, 0.2) is 0 Å². The van der Waals surface area contributed by atoms with Crippen LogP contribution in [0.2, 0.25) is 0 Å². The number of ether oxygens (including phenoxy) is 2. The molecule has 0 radical (unpaired) electrons. The van der Waals surface area contributed by atoms with Crippen molar-refractivity contribution in [2.75, 3.05) is 21.3 Å². The van der Waals surface area contributed by atoms with E-state index >= 15 is 0 Å². The average molecular weight is 428 g/mol. The van der Waals surface area contributed by atoms with Gasteiger partial charge in [-0.25, -0.2) is 4.98 Å². The lowest BCUT2D eigenvalue weighted by Crippen LogP contribution is -2.22. The molecule has 0 bridgehead atoms. The molecule has 1 N–H and O–H groups in total. The van der Waals surface area contributed by atoms with Crippen LogP contribution in [0.3, 0.4) is 0 Å². The van der Waals surface area contributed by atoms with Crippen LogP contribution in [0.15, 0.2) is 40.3 Å². The number of hydrazone groups is 1. The summed E-state index contributed by atoms with van der Waals surface area (Å²) in [5.74, 6) is 0.0815. The van der Waals surface area contributed by atoms with E-state index in [1.807, 2.05) is 0 Å². The van der Waals surface area contributed by atoms with Gasteiger partial charge in [-0.3, -0.25) is 14.5 Å². The van der Waals surface area contributed by atoms with Gasteiger partial charge in [0.05, 0.1) is 20.8 Å². The maximum atomic E-state index is 13.4. The molecule has 1 heterocycles. The van der Waals surface area contributed by atoms with Gasteiger partial charge in [0, 0.05) is 19.3 Å². The molecule has 0 atom stereocenters. The second kappa shape index (κ2) is 9.50. The van der Waals surface area contributed by atoms with Crippen molar-refractivity contribution in [3.05, 3.63) is 47.3 Å². The van der Waals surface area contributed by atoms with Crippen molar-refractivity contribution in [1.29, 1.82) is 0 Å². The van der Waals surface area contributed by atoms with Gasteiger partial charge in [-0.15, -0.1) is 0 Å². The molecule has 7 nitrogen and oxygen atoms in total. The molecule has 1 aromatic carbocycles. The largest absolute Gasteiger partial charge is 0.495 e. The lowest BCUT2D eigenvalue weighted by atomic mass is 10.1. The topological polar surface area (TPSA) is 76.1 Å². The number of pyridine rings is 1. The zero-order valence-corrected chi connectivity index (χ0v) is 16.7. The maximum absolute atomic E-state index is 13.4. The highest BCUT2D eigenvalue weighted by atomic mass is 32.2. The molecule has 156 valence electrons. The quantitative estimate of drug-likeness (QED) is 0.393. The molecule has 0 spiro atoms. The smallest absolute Gasteiger partial charge is 0.433 e. The first kappa shape index (κ1) is 22.3. The third kappa shape index (κ3) is 5.53. The molecule has 0 unspecified atom stereocenters. The fourth-order valence-corrected chi connectivity index (χ4v) is 3.15. The maximum Gasteiger partial charge on any atom is 0.433 e. The molecule has 1 aromatic heterocycles. The Bertz CT molecular complexity index is 871. The van der Waals surface area contributed by atoms with Crippen molar-refractivity contribution in [2.45, 2.75) is 17.6 Å². The molecule has 0 aliphatic carbocycles. The van der Waals surface area contributed by atoms with E-state index in [2.05, 4.69) is 21.5 Å². The summed E-state index contributed by atoms with van der Waals surface area (Å²) < 4.78 is 53.1. The summed E-state index contributed by atoms with van der Waals surface area (Å²) in [4.78, 5) is 16.4. The van der Waals surface area contributed by atoms with Crippen molar-refractivity contribution >= 4 is 24.6 Å². The Labute approximate surface area is 170 Å². The molecule has 2 rings (SSSR count). The number of aromatic nitrogens is 1. The molecule has 0 aliphatic heterocycles. The zero-order valence-electron chi connectivity index (χ0n) is 15.9. The van der Waals surface area contributed by atoms with Gasteiger partial charge >= 0.3 is 6.18 Å². The van der Waals surface area contributed by atoms with Gasteiger partial charge in [0.1, 0.15) is 27.8 Å². The Morgan fingerprint density at radius 1 is 1.24 bits per heavy atom. The summed E-state index contributed by atoms with van der Waals surface area (Å²) in [6.07, 6.45) is -4.73. The standard InChI is InChI=1S/C18H19F3N4O3S/c1-22-25(2)10-11-8-9-12(23-16(11)18(19,20)21)17(26)24-29-15-13(27-3)6-5-7-14(15)28-4/h5-9H,1,10H2,2-4H3,(H,24,26). The van der Waals surface area contributed by atoms with E-state index in [-0.39, 0.29) is 17.8 Å². The van der Waals surface area contributed by atoms with E-state index in [1.54, 1.807) is 18.2 Å². The predicted molar refractivity (Wildman–Crippen MR) is 103 cm³/mol. The Morgan fingerprint density at radius 2 is 1.86 bits per heavy atom. The van der Waals surface area contributed by atoms with Crippen molar-refractivity contribution in [3.8, 4) is 11.5 Å². The van der Waals surface area contributed by atoms with E-state index < -0.39 is 17.8 Å². The summed E-state index contributed by atoms with van der Waals surface area (Å²) in [5, 5.41) is 4.77. The van der Waals surface area contributed by atoms with Crippen molar-refractivity contribution < 1.29 is 27.4 Å². The number of alkyl halides is 3. The first-order valence-corrected chi connectivity index (χ1v) is 8.96. The number of nitrogens with one attached hydrogen (secondary N) is 1. The van der Waals surface area contributed by atoms with Gasteiger partial charge in [0.2, 0.25) is 0 Å². The number of nitrogens with zero attached hydrogens (tertiary/aromatic N) is 3. The average Bonchev–Trinajstić information content (AvgIpc) is 2.70. The molecular weight excluding hydrogens is 409 g/mol. The van der Waals surface area contributed by atoms with Crippen LogP contribution in [0.5, 0.6) is 11.5 Å². The molecule has 29 heavy (non-hydrogen) atoms. The fraction of sp³-hybridized carbons (Fsp3) is 0.278. The first-order valence-electron chi connectivity index (χ1n) is 8.14. The molecule has 0 aliphatic rings. The highest BCUT2D eigenvalue weighted by molar-refractivity contribution is 7.98. The second-order valence-corrected chi connectivity index (χ2v) is 6.50. The van der Waals surface area contributed by atoms with Gasteiger partial charge < -0.3 is 9.47 Å². The number of benzene rings is 1. The third-order valence-electron chi connectivity index (χ3n) is 3.75. The molecular formula is C18H19F3N4O3S. The minimum atomic E-state index is -4.73. The van der Waals surface area contributed by atoms with E-state index in [1.165, 1.54) is 38.4 Å². The number of carbonyl (C=O) groups excluding carboxylic acids is 1. The van der Waals surface area contributed by atoms with E-state index in [4.69, 9.17) is 9.47 Å². The number of hydrogen-bond donors (Lipinski definition) is 1. The monoisotopic (exact) mass is 428 g/mol. The fourth-order valence-electron chi connectivity index (χ4n) is 2.35. The Hall–Kier alpha value is -2.95. The van der Waals surface area contributed by atoms with E-state index in [9.17, 15) is 18.0 Å². The number of halogens is 3. The number of carbonyl (C=O) groups is 1. The summed E-state index contributed by atoms with van der Waals surface area (Å²) >= 11 is 0.855. The molecule has 0 saturated heterocycles. The second-order valence-electron chi connectivity index (χ2n) is 5.68. The summed E-state index contributed by atoms with van der Waals surface area (Å²) in [6, 6.07) is 7.44. The molecule has 0 fully saturated rings. The summed E-state index contributed by atoms with van der Waals surface area (Å²) in [5.41, 5.74) is -1.65. The van der Waals surface area contributed by atoms with Crippen molar-refractivity contribution in [1.82, 2.24) is 14.7 Å². The van der Waals surface area contributed by atoms with Crippen LogP contribution in [0.1, 0.15) is 21.7 Å². The van der Waals surface area contributed by atoms with Crippen LogP contribution in [0.25, 0.3) is 0 Å². The predicted octanol–water partition coefficient (Wildman–Crippen LogP) is 3.60. The zero-order chi connectivity index (χ0) is 21.6. The summed E-state index contributed by atoms with van der Waals surface area (Å²) in [7, 11) is 4.38. The van der Waals surface area contributed by atoms with Crippen molar-refractivity contribution in [3.63, 3.8) is 0 Å². The van der Waals surface area contributed by atoms with Crippen molar-refractivity contribution in [2.24, 2.45) is 5.10 Å². The lowest BCUT2D eigenvalue weighted by molar-refractivity contribution is -0.142. The Kier molecular flexibility index (Phi) is 7.32. The van der Waals surface area contributed by atoms with Crippen LogP contribution in [0.4, 0.5) is 13.2 Å². The van der Waals surface area contributed by atoms with Crippen LogP contribution in [-0.4, -0.2) is 43.9 Å². The van der Waals surface area contributed by atoms with Gasteiger partial charge in [0.25, 0.3) is 5.91 Å². The summed E-state index contributed by atoms with van der Waals surface area (Å²) in [6.45, 7) is 3.11. The molecule has 1 amide bonds. The number of rotatable bonds is 8. The van der Waals surface area contributed by atoms with E-state index in [0.717, 1.165) is 11.9 Å². The van der Waals surface area contributed by atoms with E-state index in [0.29, 0.717) is 16.4 Å². The Balaban J connectivity index is 2.27. The van der Waals surface area contributed by atoms with Crippen LogP contribution < -0.4 is 14.2 Å². The van der Waals surface area contributed by atoms with Crippen LogP contribution in [-0.2, 0) is 12.7 Å². The van der Waals surface area contributed by atoms with Gasteiger partial charge in [-0.1, -0.05) is 12.1 Å². The highest BCUT2D eigenvalue weighted by Gasteiger charge is 2.36. The third-order valence-corrected chi connectivity index (χ3v) is 4.64. The normalized spacial score (nSPS) is 11.0. The number of methoxy groups -OCH3 is 2. The highest BCUT2D eigenvalue weighted by Crippen LogP contribution is 2.36. The van der Waals surface area contributed by atoms with Crippen LogP contribution >= 0.6 is 11.9 Å². The Morgan fingerprint density at radius 3 is 2.38 bits per heavy atom. The minimum absolute atomic E-state index is 0.122.